The fourth-order valence-electron chi connectivity index (χ4n) is 2.10. The zero-order valence-corrected chi connectivity index (χ0v) is 11.9. The fraction of sp³-hybridized carbons (Fsp3) is 0.0625. The number of phenolic OH excluding ortho intramolecular Hbond substituents is 1. The molecule has 22 heavy (non-hydrogen) atoms. The second-order valence-electron chi connectivity index (χ2n) is 4.81. The summed E-state index contributed by atoms with van der Waals surface area (Å²) in [4.78, 5) is 19.4. The number of phenols is 1. The second kappa shape index (κ2) is 5.69. The van der Waals surface area contributed by atoms with Crippen molar-refractivity contribution in [3.05, 3.63) is 59.4 Å². The molecule has 0 aliphatic heterocycles. The molecule has 0 atom stereocenters. The third-order valence-corrected chi connectivity index (χ3v) is 3.17. The number of carbonyl (C=O) groups excluding carboxylic acids is 1. The number of aromatic amines is 1. The number of aromatic hydroxyl groups is 1. The molecule has 2 aromatic carbocycles. The maximum atomic E-state index is 12.0. The number of aromatic nitrogens is 2. The summed E-state index contributed by atoms with van der Waals surface area (Å²) in [5.41, 5.74) is 5.05. The summed E-state index contributed by atoms with van der Waals surface area (Å²) in [7, 11) is 0. The smallest absolute Gasteiger partial charge is 0.271 e. The standard InChI is InChI=1S/C16H14N4O2/c1-10-18-13-7-6-11(8-14(13)19-10)16(22)20-17-9-12-4-2-3-5-15(12)21/h2-9,21H,1H3,(H,18,19)(H,20,22)/b17-9-. The summed E-state index contributed by atoms with van der Waals surface area (Å²) in [5.74, 6) is 0.570. The van der Waals surface area contributed by atoms with E-state index in [0.717, 1.165) is 16.9 Å². The summed E-state index contributed by atoms with van der Waals surface area (Å²) < 4.78 is 0. The van der Waals surface area contributed by atoms with Gasteiger partial charge in [0.25, 0.3) is 5.91 Å². The van der Waals surface area contributed by atoms with Gasteiger partial charge in [0.2, 0.25) is 0 Å². The molecule has 1 heterocycles. The van der Waals surface area contributed by atoms with Gasteiger partial charge < -0.3 is 10.1 Å². The number of para-hydroxylation sites is 1. The predicted molar refractivity (Wildman–Crippen MR) is 84.0 cm³/mol. The first-order chi connectivity index (χ1) is 10.6. The number of rotatable bonds is 3. The lowest BCUT2D eigenvalue weighted by Gasteiger charge is -2.00. The highest BCUT2D eigenvalue weighted by molar-refractivity contribution is 5.97. The molecule has 0 aliphatic carbocycles. The fourth-order valence-corrected chi connectivity index (χ4v) is 2.10. The van der Waals surface area contributed by atoms with Crippen LogP contribution in [-0.4, -0.2) is 27.2 Å². The number of hydrogen-bond donors (Lipinski definition) is 3. The molecular weight excluding hydrogens is 280 g/mol. The van der Waals surface area contributed by atoms with Gasteiger partial charge in [0.15, 0.2) is 0 Å². The first kappa shape index (κ1) is 13.8. The van der Waals surface area contributed by atoms with Gasteiger partial charge in [-0.1, -0.05) is 12.1 Å². The molecule has 110 valence electrons. The normalized spacial score (nSPS) is 11.1. The predicted octanol–water partition coefficient (Wildman–Crippen LogP) is 2.34. The number of imidazole rings is 1. The van der Waals surface area contributed by atoms with Gasteiger partial charge >= 0.3 is 0 Å². The van der Waals surface area contributed by atoms with Crippen LogP contribution in [0.4, 0.5) is 0 Å². The van der Waals surface area contributed by atoms with Crippen LogP contribution in [-0.2, 0) is 0 Å². The van der Waals surface area contributed by atoms with Crippen LogP contribution in [0.2, 0.25) is 0 Å². The number of amides is 1. The van der Waals surface area contributed by atoms with Crippen molar-refractivity contribution in [1.82, 2.24) is 15.4 Å². The van der Waals surface area contributed by atoms with E-state index in [1.807, 2.05) is 6.92 Å². The minimum atomic E-state index is -0.333. The van der Waals surface area contributed by atoms with Crippen molar-refractivity contribution in [2.75, 3.05) is 0 Å². The number of fused-ring (bicyclic) bond motifs is 1. The second-order valence-corrected chi connectivity index (χ2v) is 4.81. The van der Waals surface area contributed by atoms with E-state index in [0.29, 0.717) is 11.1 Å². The monoisotopic (exact) mass is 294 g/mol. The lowest BCUT2D eigenvalue weighted by molar-refractivity contribution is 0.0955. The molecule has 3 rings (SSSR count). The molecule has 0 radical (unpaired) electrons. The van der Waals surface area contributed by atoms with Crippen LogP contribution in [0, 0.1) is 6.92 Å². The molecule has 6 nitrogen and oxygen atoms in total. The van der Waals surface area contributed by atoms with E-state index in [1.54, 1.807) is 42.5 Å². The first-order valence-corrected chi connectivity index (χ1v) is 6.71. The highest BCUT2D eigenvalue weighted by Gasteiger charge is 2.07. The summed E-state index contributed by atoms with van der Waals surface area (Å²) in [6.45, 7) is 1.86. The number of hydrogen-bond acceptors (Lipinski definition) is 4. The molecule has 0 saturated heterocycles. The van der Waals surface area contributed by atoms with Crippen LogP contribution in [0.25, 0.3) is 11.0 Å². The molecule has 0 fully saturated rings. The summed E-state index contributed by atoms with van der Waals surface area (Å²) in [5, 5.41) is 13.5. The van der Waals surface area contributed by atoms with E-state index in [1.165, 1.54) is 6.21 Å². The van der Waals surface area contributed by atoms with Gasteiger partial charge in [-0.2, -0.15) is 5.10 Å². The van der Waals surface area contributed by atoms with Crippen LogP contribution in [0.3, 0.4) is 0 Å². The van der Waals surface area contributed by atoms with E-state index >= 15 is 0 Å². The van der Waals surface area contributed by atoms with E-state index in [4.69, 9.17) is 0 Å². The SMILES string of the molecule is Cc1nc2ccc(C(=O)N/N=C\c3ccccc3O)cc2[nH]1. The molecule has 1 aromatic heterocycles. The minimum Gasteiger partial charge on any atom is -0.507 e. The topological polar surface area (TPSA) is 90.4 Å². The van der Waals surface area contributed by atoms with Gasteiger partial charge in [-0.05, 0) is 37.3 Å². The Morgan fingerprint density at radius 3 is 2.95 bits per heavy atom. The zero-order valence-electron chi connectivity index (χ0n) is 11.9. The van der Waals surface area contributed by atoms with Crippen molar-refractivity contribution in [2.45, 2.75) is 6.92 Å². The van der Waals surface area contributed by atoms with Gasteiger partial charge in [-0.15, -0.1) is 0 Å². The molecule has 0 unspecified atom stereocenters. The molecule has 0 aliphatic rings. The van der Waals surface area contributed by atoms with Gasteiger partial charge in [0, 0.05) is 11.1 Å². The number of H-pyrrole nitrogens is 1. The molecule has 3 N–H and O–H groups in total. The van der Waals surface area contributed by atoms with Gasteiger partial charge in [0.1, 0.15) is 11.6 Å². The maximum Gasteiger partial charge on any atom is 0.271 e. The number of nitrogens with one attached hydrogen (secondary N) is 2. The Morgan fingerprint density at radius 2 is 2.14 bits per heavy atom. The lowest BCUT2D eigenvalue weighted by Crippen LogP contribution is -2.17. The molecule has 1 amide bonds. The average molecular weight is 294 g/mol. The molecule has 3 aromatic rings. The summed E-state index contributed by atoms with van der Waals surface area (Å²) >= 11 is 0. The van der Waals surface area contributed by atoms with Crippen molar-refractivity contribution in [3.63, 3.8) is 0 Å². The minimum absolute atomic E-state index is 0.106. The Balaban J connectivity index is 1.74. The summed E-state index contributed by atoms with van der Waals surface area (Å²) in [6.07, 6.45) is 1.39. The molecular formula is C16H14N4O2. The average Bonchev–Trinajstić information content (AvgIpc) is 2.88. The van der Waals surface area contributed by atoms with Crippen LogP contribution in [0.15, 0.2) is 47.6 Å². The molecule has 6 heteroatoms. The van der Waals surface area contributed by atoms with Gasteiger partial charge in [-0.25, -0.2) is 10.4 Å². The summed E-state index contributed by atoms with van der Waals surface area (Å²) in [6, 6.07) is 11.9. The van der Waals surface area contributed by atoms with Crippen molar-refractivity contribution < 1.29 is 9.90 Å². The van der Waals surface area contributed by atoms with Crippen molar-refractivity contribution >= 4 is 23.2 Å². The lowest BCUT2D eigenvalue weighted by atomic mass is 10.2. The molecule has 0 bridgehead atoms. The van der Waals surface area contributed by atoms with E-state index in [9.17, 15) is 9.90 Å². The van der Waals surface area contributed by atoms with Gasteiger partial charge in [0.05, 0.1) is 17.2 Å². The Hall–Kier alpha value is -3.15. The first-order valence-electron chi connectivity index (χ1n) is 6.71. The third-order valence-electron chi connectivity index (χ3n) is 3.17. The van der Waals surface area contributed by atoms with Crippen LogP contribution in [0.1, 0.15) is 21.7 Å². The van der Waals surface area contributed by atoms with Crippen LogP contribution in [0.5, 0.6) is 5.75 Å². The number of carbonyl (C=O) groups is 1. The molecule has 0 saturated carbocycles. The number of nitrogens with zero attached hydrogens (tertiary/aromatic N) is 2. The van der Waals surface area contributed by atoms with Gasteiger partial charge in [-0.3, -0.25) is 4.79 Å². The van der Waals surface area contributed by atoms with Crippen LogP contribution >= 0.6 is 0 Å². The quantitative estimate of drug-likeness (QED) is 0.511. The van der Waals surface area contributed by atoms with E-state index in [-0.39, 0.29) is 11.7 Å². The largest absolute Gasteiger partial charge is 0.507 e. The maximum absolute atomic E-state index is 12.0. The number of hydrazone groups is 1. The van der Waals surface area contributed by atoms with Crippen molar-refractivity contribution in [2.24, 2.45) is 5.10 Å². The van der Waals surface area contributed by atoms with Crippen molar-refractivity contribution in [1.29, 1.82) is 0 Å². The molecule has 0 spiro atoms. The number of aryl methyl sites for hydroxylation is 1. The Bertz CT molecular complexity index is 867. The Morgan fingerprint density at radius 1 is 1.32 bits per heavy atom. The highest BCUT2D eigenvalue weighted by atomic mass is 16.3. The van der Waals surface area contributed by atoms with Crippen molar-refractivity contribution in [3.8, 4) is 5.75 Å². The van der Waals surface area contributed by atoms with E-state index < -0.39 is 0 Å². The van der Waals surface area contributed by atoms with Crippen LogP contribution < -0.4 is 5.43 Å². The Kier molecular flexibility index (Phi) is 3.57. The Labute approximate surface area is 126 Å². The zero-order chi connectivity index (χ0) is 15.5. The van der Waals surface area contributed by atoms with E-state index in [2.05, 4.69) is 20.5 Å². The third kappa shape index (κ3) is 2.80. The highest BCUT2D eigenvalue weighted by Crippen LogP contribution is 2.14. The number of benzene rings is 2.